The lowest BCUT2D eigenvalue weighted by Gasteiger charge is -2.19. The molecule has 0 bridgehead atoms. The van der Waals surface area contributed by atoms with E-state index >= 15 is 0 Å². The molecule has 0 radical (unpaired) electrons. The Labute approximate surface area is 112 Å². The summed E-state index contributed by atoms with van der Waals surface area (Å²) >= 11 is 3.05. The van der Waals surface area contributed by atoms with Crippen molar-refractivity contribution in [2.45, 2.75) is 26.4 Å². The number of rotatable bonds is 0. The predicted molar refractivity (Wildman–Crippen MR) is 69.0 cm³/mol. The van der Waals surface area contributed by atoms with Gasteiger partial charge in [-0.15, -0.1) is 0 Å². The van der Waals surface area contributed by atoms with Crippen molar-refractivity contribution in [2.75, 3.05) is 0 Å². The fourth-order valence-electron chi connectivity index (χ4n) is 1.49. The van der Waals surface area contributed by atoms with E-state index in [1.807, 2.05) is 0 Å². The molecule has 4 nitrogen and oxygen atoms in total. The summed E-state index contributed by atoms with van der Waals surface area (Å²) in [5.41, 5.74) is -0.369. The van der Waals surface area contributed by atoms with Gasteiger partial charge in [0.05, 0.1) is 9.86 Å². The van der Waals surface area contributed by atoms with Gasteiger partial charge < -0.3 is 4.74 Å². The molecule has 0 atom stereocenters. The Bertz CT molecular complexity index is 616. The number of carbonyl (C=O) groups is 1. The Morgan fingerprint density at radius 2 is 2.17 bits per heavy atom. The van der Waals surface area contributed by atoms with Crippen molar-refractivity contribution in [1.82, 2.24) is 9.55 Å². The first-order valence-corrected chi connectivity index (χ1v) is 6.13. The van der Waals surface area contributed by atoms with E-state index in [9.17, 15) is 9.18 Å². The number of hydrogen-bond donors (Lipinski definition) is 0. The second-order valence-electron chi connectivity index (χ2n) is 4.82. The van der Waals surface area contributed by atoms with Crippen molar-refractivity contribution in [1.29, 1.82) is 0 Å². The van der Waals surface area contributed by atoms with Crippen molar-refractivity contribution in [2.24, 2.45) is 0 Å². The molecule has 0 aromatic carbocycles. The van der Waals surface area contributed by atoms with Crippen LogP contribution in [0.1, 0.15) is 20.8 Å². The van der Waals surface area contributed by atoms with Gasteiger partial charge in [-0.3, -0.25) is 0 Å². The largest absolute Gasteiger partial charge is 0.443 e. The van der Waals surface area contributed by atoms with Crippen molar-refractivity contribution >= 4 is 33.1 Å². The molecular formula is C12H12BrFN2O2. The van der Waals surface area contributed by atoms with Gasteiger partial charge in [-0.25, -0.2) is 18.7 Å². The summed E-state index contributed by atoms with van der Waals surface area (Å²) in [7, 11) is 0. The van der Waals surface area contributed by atoms with Gasteiger partial charge in [0, 0.05) is 12.4 Å². The molecule has 0 N–H and O–H groups in total. The van der Waals surface area contributed by atoms with E-state index in [1.165, 1.54) is 23.0 Å². The van der Waals surface area contributed by atoms with Gasteiger partial charge in [0.25, 0.3) is 0 Å². The third kappa shape index (κ3) is 2.38. The molecule has 96 valence electrons. The minimum Gasteiger partial charge on any atom is -0.443 e. The monoisotopic (exact) mass is 314 g/mol. The van der Waals surface area contributed by atoms with Crippen LogP contribution in [0.4, 0.5) is 9.18 Å². The molecule has 2 rings (SSSR count). The number of fused-ring (bicyclic) bond motifs is 1. The van der Waals surface area contributed by atoms with Crippen molar-refractivity contribution in [3.05, 3.63) is 28.7 Å². The van der Waals surface area contributed by atoms with Crippen LogP contribution in [0.25, 0.3) is 11.0 Å². The van der Waals surface area contributed by atoms with Crippen molar-refractivity contribution in [3.8, 4) is 0 Å². The highest BCUT2D eigenvalue weighted by Crippen LogP contribution is 2.24. The number of pyridine rings is 1. The lowest BCUT2D eigenvalue weighted by atomic mass is 10.2. The summed E-state index contributed by atoms with van der Waals surface area (Å²) in [6.07, 6.45) is 2.19. The number of halogens is 2. The first-order chi connectivity index (χ1) is 8.29. The zero-order chi connectivity index (χ0) is 13.5. The van der Waals surface area contributed by atoms with E-state index in [2.05, 4.69) is 20.9 Å². The Morgan fingerprint density at radius 3 is 2.78 bits per heavy atom. The van der Waals surface area contributed by atoms with Crippen LogP contribution >= 0.6 is 15.9 Å². The van der Waals surface area contributed by atoms with Crippen molar-refractivity contribution < 1.29 is 13.9 Å². The Balaban J connectivity index is 2.48. The molecule has 0 unspecified atom stereocenters. The van der Waals surface area contributed by atoms with Crippen molar-refractivity contribution in [3.63, 3.8) is 0 Å². The summed E-state index contributed by atoms with van der Waals surface area (Å²) in [4.78, 5) is 15.9. The first-order valence-electron chi connectivity index (χ1n) is 5.34. The molecule has 0 aliphatic carbocycles. The van der Waals surface area contributed by atoms with E-state index < -0.39 is 17.5 Å². The van der Waals surface area contributed by atoms with E-state index in [-0.39, 0.29) is 15.5 Å². The third-order valence-corrected chi connectivity index (χ3v) is 2.75. The molecule has 0 fully saturated rings. The van der Waals surface area contributed by atoms with Crippen LogP contribution in [0, 0.1) is 5.82 Å². The summed E-state index contributed by atoms with van der Waals surface area (Å²) in [6, 6.07) is 1.49. The van der Waals surface area contributed by atoms with Crippen LogP contribution in [0.3, 0.4) is 0 Å². The fourth-order valence-corrected chi connectivity index (χ4v) is 1.80. The molecule has 6 heteroatoms. The number of carbonyl (C=O) groups excluding carboxylic acids is 1. The SMILES string of the molecule is CC(C)(C)OC(=O)n1ccc2c(F)c(Br)cnc21. The van der Waals surface area contributed by atoms with E-state index in [4.69, 9.17) is 4.74 Å². The molecular weight excluding hydrogens is 303 g/mol. The molecule has 0 saturated carbocycles. The normalized spacial score (nSPS) is 11.8. The highest BCUT2D eigenvalue weighted by atomic mass is 79.9. The summed E-state index contributed by atoms with van der Waals surface area (Å²) < 4.78 is 20.4. The maximum Gasteiger partial charge on any atom is 0.420 e. The van der Waals surface area contributed by atoms with Crippen LogP contribution in [0.15, 0.2) is 22.9 Å². The quantitative estimate of drug-likeness (QED) is 0.744. The van der Waals surface area contributed by atoms with Gasteiger partial charge in [-0.05, 0) is 42.8 Å². The average Bonchev–Trinajstić information content (AvgIpc) is 2.65. The third-order valence-electron chi connectivity index (χ3n) is 2.20. The first kappa shape index (κ1) is 13.0. The molecule has 0 amide bonds. The van der Waals surface area contributed by atoms with Crippen LogP contribution in [-0.2, 0) is 4.74 Å². The van der Waals surface area contributed by atoms with Crippen LogP contribution in [0.5, 0.6) is 0 Å². The standard InChI is InChI=1S/C12H12BrFN2O2/c1-12(2,3)18-11(17)16-5-4-7-9(14)8(13)6-15-10(7)16/h4-6H,1-3H3. The molecule has 2 aromatic rings. The van der Waals surface area contributed by atoms with Gasteiger partial charge in [-0.1, -0.05) is 0 Å². The second kappa shape index (κ2) is 4.35. The van der Waals surface area contributed by atoms with Gasteiger partial charge in [0.15, 0.2) is 5.65 Å². The number of hydrogen-bond acceptors (Lipinski definition) is 3. The maximum atomic E-state index is 13.8. The Morgan fingerprint density at radius 1 is 1.50 bits per heavy atom. The molecule has 0 aliphatic rings. The highest BCUT2D eigenvalue weighted by Gasteiger charge is 2.20. The Hall–Kier alpha value is -1.43. The average molecular weight is 315 g/mol. The van der Waals surface area contributed by atoms with E-state index in [0.29, 0.717) is 0 Å². The number of ether oxygens (including phenoxy) is 1. The summed E-state index contributed by atoms with van der Waals surface area (Å²) in [6.45, 7) is 5.30. The number of nitrogens with zero attached hydrogens (tertiary/aromatic N) is 2. The van der Waals surface area contributed by atoms with E-state index in [0.717, 1.165) is 0 Å². The van der Waals surface area contributed by atoms with Crippen LogP contribution in [-0.4, -0.2) is 21.2 Å². The molecule has 0 aliphatic heterocycles. The smallest absolute Gasteiger partial charge is 0.420 e. The minimum atomic E-state index is -0.610. The number of aromatic nitrogens is 2. The van der Waals surface area contributed by atoms with Crippen LogP contribution < -0.4 is 0 Å². The zero-order valence-electron chi connectivity index (χ0n) is 10.2. The summed E-state index contributed by atoms with van der Waals surface area (Å²) in [5, 5.41) is 0.273. The molecule has 0 saturated heterocycles. The zero-order valence-corrected chi connectivity index (χ0v) is 11.8. The summed E-state index contributed by atoms with van der Waals surface area (Å²) in [5.74, 6) is -0.442. The highest BCUT2D eigenvalue weighted by molar-refractivity contribution is 9.10. The Kier molecular flexibility index (Phi) is 3.14. The minimum absolute atomic E-state index is 0.241. The maximum absolute atomic E-state index is 13.8. The molecule has 2 heterocycles. The second-order valence-corrected chi connectivity index (χ2v) is 5.68. The fraction of sp³-hybridized carbons (Fsp3) is 0.333. The predicted octanol–water partition coefficient (Wildman–Crippen LogP) is 3.72. The molecule has 0 spiro atoms. The van der Waals surface area contributed by atoms with Crippen LogP contribution in [0.2, 0.25) is 0 Å². The van der Waals surface area contributed by atoms with E-state index in [1.54, 1.807) is 20.8 Å². The lowest BCUT2D eigenvalue weighted by Crippen LogP contribution is -2.26. The van der Waals surface area contributed by atoms with Gasteiger partial charge in [0.2, 0.25) is 0 Å². The van der Waals surface area contributed by atoms with Gasteiger partial charge >= 0.3 is 6.09 Å². The van der Waals surface area contributed by atoms with Gasteiger partial charge in [0.1, 0.15) is 11.4 Å². The van der Waals surface area contributed by atoms with Gasteiger partial charge in [-0.2, -0.15) is 0 Å². The lowest BCUT2D eigenvalue weighted by molar-refractivity contribution is 0.0543. The topological polar surface area (TPSA) is 44.1 Å². The molecule has 18 heavy (non-hydrogen) atoms. The molecule has 2 aromatic heterocycles.